The summed E-state index contributed by atoms with van der Waals surface area (Å²) in [5, 5.41) is 17.0. The smallest absolute Gasteiger partial charge is 0.387 e. The molecule has 1 heterocycles. The molecule has 0 unspecified atom stereocenters. The average Bonchev–Trinajstić information content (AvgIpc) is 2.85. The summed E-state index contributed by atoms with van der Waals surface area (Å²) < 4.78 is 29.8. The maximum absolute atomic E-state index is 12.1. The molecule has 0 radical (unpaired) electrons. The molecule has 0 aliphatic heterocycles. The molecule has 9 heteroatoms. The molecule has 0 atom stereocenters. The largest absolute Gasteiger partial charge is 0.435 e. The number of benzene rings is 1. The predicted molar refractivity (Wildman–Crippen MR) is 77.8 cm³/mol. The lowest BCUT2D eigenvalue weighted by Crippen LogP contribution is -2.11. The Balaban J connectivity index is 2.06. The third-order valence-corrected chi connectivity index (χ3v) is 3.70. The van der Waals surface area contributed by atoms with Gasteiger partial charge in [0.2, 0.25) is 5.16 Å². The Morgan fingerprint density at radius 3 is 2.68 bits per heavy atom. The van der Waals surface area contributed by atoms with E-state index in [9.17, 15) is 8.78 Å². The Labute approximate surface area is 129 Å². The minimum atomic E-state index is -2.86. The average molecular weight is 325 g/mol. The highest BCUT2D eigenvalue weighted by molar-refractivity contribution is 7.99. The van der Waals surface area contributed by atoms with Gasteiger partial charge < -0.3 is 10.6 Å². The number of nitrogens with two attached hydrogens (primary N) is 1. The van der Waals surface area contributed by atoms with Crippen LogP contribution in [-0.2, 0) is 0 Å². The summed E-state index contributed by atoms with van der Waals surface area (Å²) in [5.41, 5.74) is 0.639. The standard InChI is InChI=1S/C13H13F2N5OS/c14-12(15)21-10-5-3-9(4-6-10)11-18-19-13(20(11)17)22-8-2-1-7-16/h3-6,12H,1-2,8,17H2. The van der Waals surface area contributed by atoms with E-state index in [1.54, 1.807) is 12.1 Å². The highest BCUT2D eigenvalue weighted by Crippen LogP contribution is 2.24. The van der Waals surface area contributed by atoms with Crippen LogP contribution in [0.4, 0.5) is 8.78 Å². The highest BCUT2D eigenvalue weighted by atomic mass is 32.2. The van der Waals surface area contributed by atoms with Crippen LogP contribution in [0, 0.1) is 11.3 Å². The van der Waals surface area contributed by atoms with Crippen molar-refractivity contribution in [1.29, 1.82) is 5.26 Å². The van der Waals surface area contributed by atoms with Crippen molar-refractivity contribution < 1.29 is 13.5 Å². The van der Waals surface area contributed by atoms with Gasteiger partial charge in [-0.05, 0) is 30.7 Å². The van der Waals surface area contributed by atoms with E-state index in [2.05, 4.69) is 21.0 Å². The third kappa shape index (κ3) is 4.08. The number of unbranched alkanes of at least 4 members (excludes halogenated alkanes) is 1. The van der Waals surface area contributed by atoms with Gasteiger partial charge in [-0.2, -0.15) is 14.0 Å². The first kappa shape index (κ1) is 16.0. The molecule has 0 amide bonds. The Morgan fingerprint density at radius 1 is 1.32 bits per heavy atom. The third-order valence-electron chi connectivity index (χ3n) is 2.67. The van der Waals surface area contributed by atoms with Crippen LogP contribution in [0.1, 0.15) is 12.8 Å². The van der Waals surface area contributed by atoms with Crippen LogP contribution in [0.15, 0.2) is 29.4 Å². The summed E-state index contributed by atoms with van der Waals surface area (Å²) in [5.74, 6) is 7.12. The van der Waals surface area contributed by atoms with E-state index in [4.69, 9.17) is 11.1 Å². The molecule has 0 aliphatic rings. The molecule has 6 nitrogen and oxygen atoms in total. The van der Waals surface area contributed by atoms with Crippen molar-refractivity contribution in [2.75, 3.05) is 11.6 Å². The zero-order chi connectivity index (χ0) is 15.9. The van der Waals surface area contributed by atoms with Gasteiger partial charge >= 0.3 is 6.61 Å². The lowest BCUT2D eigenvalue weighted by Gasteiger charge is -2.06. The molecule has 0 spiro atoms. The summed E-state index contributed by atoms with van der Waals surface area (Å²) in [4.78, 5) is 0. The molecule has 1 aromatic carbocycles. The molecular weight excluding hydrogens is 312 g/mol. The second kappa shape index (κ2) is 7.61. The lowest BCUT2D eigenvalue weighted by molar-refractivity contribution is -0.0498. The first-order valence-corrected chi connectivity index (χ1v) is 7.36. The Hall–Kier alpha value is -2.34. The zero-order valence-corrected chi connectivity index (χ0v) is 12.3. The van der Waals surface area contributed by atoms with Crippen molar-refractivity contribution in [3.05, 3.63) is 24.3 Å². The molecular formula is C13H13F2N5OS. The fourth-order valence-electron chi connectivity index (χ4n) is 1.67. The second-order valence-corrected chi connectivity index (χ2v) is 5.25. The van der Waals surface area contributed by atoms with Crippen molar-refractivity contribution in [2.45, 2.75) is 24.6 Å². The topological polar surface area (TPSA) is 89.8 Å². The van der Waals surface area contributed by atoms with Gasteiger partial charge in [0.15, 0.2) is 5.82 Å². The number of hydrogen-bond acceptors (Lipinski definition) is 6. The zero-order valence-electron chi connectivity index (χ0n) is 11.4. The lowest BCUT2D eigenvalue weighted by atomic mass is 10.2. The number of halogens is 2. The minimum Gasteiger partial charge on any atom is -0.435 e. The number of thioether (sulfide) groups is 1. The van der Waals surface area contributed by atoms with Gasteiger partial charge in [-0.25, -0.2) is 4.68 Å². The van der Waals surface area contributed by atoms with Crippen molar-refractivity contribution in [3.63, 3.8) is 0 Å². The monoisotopic (exact) mass is 325 g/mol. The van der Waals surface area contributed by atoms with E-state index in [-0.39, 0.29) is 5.75 Å². The SMILES string of the molecule is N#CCCCSc1nnc(-c2ccc(OC(F)F)cc2)n1N. The van der Waals surface area contributed by atoms with Gasteiger partial charge in [0.25, 0.3) is 0 Å². The summed E-state index contributed by atoms with van der Waals surface area (Å²) in [6.45, 7) is -2.86. The fourth-order valence-corrected chi connectivity index (χ4v) is 2.47. The van der Waals surface area contributed by atoms with Crippen LogP contribution in [0.5, 0.6) is 5.75 Å². The molecule has 2 N–H and O–H groups in total. The molecule has 0 saturated heterocycles. The number of nitrogen functional groups attached to an aromatic ring is 1. The Kier molecular flexibility index (Phi) is 5.55. The van der Waals surface area contributed by atoms with Gasteiger partial charge in [0.1, 0.15) is 5.75 Å². The van der Waals surface area contributed by atoms with E-state index in [1.807, 2.05) is 0 Å². The number of hydrogen-bond donors (Lipinski definition) is 1. The molecule has 2 rings (SSSR count). The molecule has 22 heavy (non-hydrogen) atoms. The van der Waals surface area contributed by atoms with Crippen molar-refractivity contribution >= 4 is 11.8 Å². The van der Waals surface area contributed by atoms with Crippen LogP contribution in [0.25, 0.3) is 11.4 Å². The molecule has 0 bridgehead atoms. The van der Waals surface area contributed by atoms with Gasteiger partial charge in [-0.3, -0.25) is 0 Å². The molecule has 116 valence electrons. The van der Waals surface area contributed by atoms with Crippen LogP contribution < -0.4 is 10.6 Å². The number of nitriles is 1. The molecule has 1 aromatic heterocycles. The molecule has 0 fully saturated rings. The van der Waals surface area contributed by atoms with Gasteiger partial charge in [0, 0.05) is 17.7 Å². The summed E-state index contributed by atoms with van der Waals surface area (Å²) in [6, 6.07) is 8.05. The van der Waals surface area contributed by atoms with E-state index >= 15 is 0 Å². The van der Waals surface area contributed by atoms with Crippen LogP contribution in [-0.4, -0.2) is 27.2 Å². The first-order valence-electron chi connectivity index (χ1n) is 6.37. The molecule has 0 aliphatic carbocycles. The van der Waals surface area contributed by atoms with Crippen LogP contribution in [0.2, 0.25) is 0 Å². The summed E-state index contributed by atoms with van der Waals surface area (Å²) in [6.07, 6.45) is 1.22. The quantitative estimate of drug-likeness (QED) is 0.478. The Morgan fingerprint density at radius 2 is 2.05 bits per heavy atom. The van der Waals surface area contributed by atoms with Crippen molar-refractivity contribution in [3.8, 4) is 23.2 Å². The number of aromatic nitrogens is 3. The molecule has 0 saturated carbocycles. The van der Waals surface area contributed by atoms with E-state index < -0.39 is 6.61 Å². The molecule has 2 aromatic rings. The van der Waals surface area contributed by atoms with E-state index in [0.29, 0.717) is 28.7 Å². The number of nitrogens with zero attached hydrogens (tertiary/aromatic N) is 4. The predicted octanol–water partition coefficient (Wildman–Crippen LogP) is 2.66. The maximum atomic E-state index is 12.1. The van der Waals surface area contributed by atoms with E-state index in [1.165, 1.54) is 28.6 Å². The van der Waals surface area contributed by atoms with Crippen LogP contribution >= 0.6 is 11.8 Å². The minimum absolute atomic E-state index is 0.0629. The van der Waals surface area contributed by atoms with E-state index in [0.717, 1.165) is 6.42 Å². The number of ether oxygens (including phenoxy) is 1. The number of alkyl halides is 2. The van der Waals surface area contributed by atoms with Gasteiger partial charge in [-0.15, -0.1) is 10.2 Å². The highest BCUT2D eigenvalue weighted by Gasteiger charge is 2.12. The Bertz CT molecular complexity index is 653. The first-order chi connectivity index (χ1) is 10.6. The van der Waals surface area contributed by atoms with Crippen LogP contribution in [0.3, 0.4) is 0 Å². The fraction of sp³-hybridized carbons (Fsp3) is 0.308. The summed E-state index contributed by atoms with van der Waals surface area (Å²) >= 11 is 1.40. The summed E-state index contributed by atoms with van der Waals surface area (Å²) in [7, 11) is 0. The normalized spacial score (nSPS) is 10.6. The number of rotatable bonds is 7. The van der Waals surface area contributed by atoms with Gasteiger partial charge in [-0.1, -0.05) is 11.8 Å². The van der Waals surface area contributed by atoms with Gasteiger partial charge in [0.05, 0.1) is 6.07 Å². The van der Waals surface area contributed by atoms with Crippen molar-refractivity contribution in [1.82, 2.24) is 14.9 Å². The van der Waals surface area contributed by atoms with Crippen molar-refractivity contribution in [2.24, 2.45) is 0 Å². The second-order valence-electron chi connectivity index (χ2n) is 4.19. The maximum Gasteiger partial charge on any atom is 0.387 e.